The van der Waals surface area contributed by atoms with Crippen molar-refractivity contribution in [3.63, 3.8) is 0 Å². The standard InChI is InChI=1S/C6H11NS3/c1-2-9-6-3-4-7(6)10-5-8/h5-6H,2-4H2,1H3. The average molecular weight is 193 g/mol. The molecule has 0 aromatic heterocycles. The molecule has 0 aromatic rings. The van der Waals surface area contributed by atoms with Gasteiger partial charge in [-0.3, -0.25) is 0 Å². The molecular weight excluding hydrogens is 182 g/mol. The maximum Gasteiger partial charge on any atom is 0.0671 e. The molecule has 0 bridgehead atoms. The van der Waals surface area contributed by atoms with E-state index in [0.29, 0.717) is 0 Å². The second kappa shape index (κ2) is 4.59. The quantitative estimate of drug-likeness (QED) is 0.498. The van der Waals surface area contributed by atoms with E-state index in [4.69, 9.17) is 12.2 Å². The van der Waals surface area contributed by atoms with E-state index in [-0.39, 0.29) is 0 Å². The number of thiocarbonyl (C=S) groups is 1. The molecule has 4 heteroatoms. The Bertz CT molecular complexity index is 118. The maximum atomic E-state index is 4.75. The van der Waals surface area contributed by atoms with Crippen LogP contribution in [0, 0.1) is 0 Å². The van der Waals surface area contributed by atoms with Crippen LogP contribution in [-0.2, 0) is 0 Å². The third-order valence-corrected chi connectivity index (χ3v) is 3.85. The number of hydrogen-bond acceptors (Lipinski definition) is 4. The molecule has 1 unspecified atom stereocenters. The van der Waals surface area contributed by atoms with Crippen molar-refractivity contribution in [2.75, 3.05) is 12.3 Å². The molecule has 58 valence electrons. The number of thioether (sulfide) groups is 1. The summed E-state index contributed by atoms with van der Waals surface area (Å²) in [7, 11) is 0. The van der Waals surface area contributed by atoms with E-state index in [1.165, 1.54) is 18.7 Å². The Morgan fingerprint density at radius 1 is 1.80 bits per heavy atom. The van der Waals surface area contributed by atoms with Crippen LogP contribution in [0.1, 0.15) is 13.3 Å². The average Bonchev–Trinajstić information content (AvgIpc) is 1.93. The summed E-state index contributed by atoms with van der Waals surface area (Å²) in [6.07, 6.45) is 1.33. The van der Waals surface area contributed by atoms with Crippen molar-refractivity contribution >= 4 is 40.6 Å². The summed E-state index contributed by atoms with van der Waals surface area (Å²) in [5, 5.41) is 0.731. The van der Waals surface area contributed by atoms with Crippen LogP contribution in [0.25, 0.3) is 0 Å². The first-order valence-corrected chi connectivity index (χ1v) is 5.72. The van der Waals surface area contributed by atoms with E-state index in [1.807, 2.05) is 11.8 Å². The minimum atomic E-state index is 0.731. The zero-order valence-corrected chi connectivity index (χ0v) is 8.40. The minimum absolute atomic E-state index is 0.731. The first-order valence-electron chi connectivity index (χ1n) is 3.37. The van der Waals surface area contributed by atoms with Gasteiger partial charge in [0.1, 0.15) is 0 Å². The molecule has 1 saturated heterocycles. The van der Waals surface area contributed by atoms with Crippen molar-refractivity contribution in [3.05, 3.63) is 0 Å². The maximum absolute atomic E-state index is 4.75. The van der Waals surface area contributed by atoms with Crippen LogP contribution >= 0.6 is 35.9 Å². The Kier molecular flexibility index (Phi) is 4.06. The Hall–Kier alpha value is 0.750. The van der Waals surface area contributed by atoms with E-state index >= 15 is 0 Å². The van der Waals surface area contributed by atoms with Crippen LogP contribution in [-0.4, -0.2) is 26.7 Å². The summed E-state index contributed by atoms with van der Waals surface area (Å²) >= 11 is 8.43. The summed E-state index contributed by atoms with van der Waals surface area (Å²) in [4.78, 5) is 0. The fraction of sp³-hybridized carbons (Fsp3) is 0.833. The number of hydrogen-bond donors (Lipinski definition) is 0. The molecule has 1 aliphatic rings. The molecule has 1 atom stereocenters. The molecule has 1 fully saturated rings. The number of nitrogens with zero attached hydrogens (tertiary/aromatic N) is 1. The fourth-order valence-electron chi connectivity index (χ4n) is 0.875. The first-order chi connectivity index (χ1) is 4.88. The van der Waals surface area contributed by atoms with Crippen LogP contribution < -0.4 is 0 Å². The summed E-state index contributed by atoms with van der Waals surface area (Å²) in [5.41, 5.74) is 0. The second-order valence-electron chi connectivity index (χ2n) is 2.04. The molecule has 0 amide bonds. The third kappa shape index (κ3) is 2.12. The Balaban J connectivity index is 2.15. The monoisotopic (exact) mass is 193 g/mol. The second-order valence-corrected chi connectivity index (χ2v) is 4.95. The lowest BCUT2D eigenvalue weighted by Crippen LogP contribution is -2.40. The zero-order valence-electron chi connectivity index (χ0n) is 5.95. The highest BCUT2D eigenvalue weighted by atomic mass is 32.2. The van der Waals surface area contributed by atoms with Crippen LogP contribution in [0.15, 0.2) is 0 Å². The lowest BCUT2D eigenvalue weighted by Gasteiger charge is -2.37. The van der Waals surface area contributed by atoms with E-state index in [0.717, 1.165) is 5.37 Å². The summed E-state index contributed by atoms with van der Waals surface area (Å²) < 4.78 is 4.07. The lowest BCUT2D eigenvalue weighted by atomic mass is 10.3. The molecule has 1 nitrogen and oxygen atoms in total. The van der Waals surface area contributed by atoms with E-state index in [2.05, 4.69) is 11.2 Å². The predicted octanol–water partition coefficient (Wildman–Crippen LogP) is 2.38. The Labute approximate surface area is 76.1 Å². The molecule has 0 saturated carbocycles. The van der Waals surface area contributed by atoms with Crippen molar-refractivity contribution in [3.8, 4) is 0 Å². The van der Waals surface area contributed by atoms with E-state index in [1.54, 1.807) is 16.6 Å². The van der Waals surface area contributed by atoms with Gasteiger partial charge in [0.25, 0.3) is 0 Å². The first kappa shape index (κ1) is 8.84. The van der Waals surface area contributed by atoms with Crippen LogP contribution in [0.3, 0.4) is 0 Å². The van der Waals surface area contributed by atoms with Crippen LogP contribution in [0.5, 0.6) is 0 Å². The smallest absolute Gasteiger partial charge is 0.0671 e. The normalized spacial score (nSPS) is 25.9. The molecule has 0 N–H and O–H groups in total. The lowest BCUT2D eigenvalue weighted by molar-refractivity contribution is 0.312. The van der Waals surface area contributed by atoms with E-state index < -0.39 is 0 Å². The minimum Gasteiger partial charge on any atom is -0.233 e. The van der Waals surface area contributed by atoms with Crippen molar-refractivity contribution in [2.45, 2.75) is 18.7 Å². The van der Waals surface area contributed by atoms with Gasteiger partial charge in [0.05, 0.1) is 5.37 Å². The van der Waals surface area contributed by atoms with Crippen molar-refractivity contribution in [1.29, 1.82) is 0 Å². The van der Waals surface area contributed by atoms with Gasteiger partial charge in [0, 0.05) is 11.2 Å². The molecule has 1 rings (SSSR count). The molecule has 0 radical (unpaired) electrons. The molecule has 1 heterocycles. The molecule has 0 aliphatic carbocycles. The van der Waals surface area contributed by atoms with Gasteiger partial charge in [0.2, 0.25) is 0 Å². The topological polar surface area (TPSA) is 3.24 Å². The molecule has 1 aliphatic heterocycles. The van der Waals surface area contributed by atoms with Gasteiger partial charge >= 0.3 is 0 Å². The van der Waals surface area contributed by atoms with Gasteiger partial charge in [-0.15, -0.1) is 11.8 Å². The largest absolute Gasteiger partial charge is 0.233 e. The van der Waals surface area contributed by atoms with Crippen LogP contribution in [0.4, 0.5) is 0 Å². The van der Waals surface area contributed by atoms with Crippen molar-refractivity contribution < 1.29 is 0 Å². The highest BCUT2D eigenvalue weighted by molar-refractivity contribution is 8.19. The molecule has 0 spiro atoms. The highest BCUT2D eigenvalue weighted by Gasteiger charge is 2.27. The van der Waals surface area contributed by atoms with Gasteiger partial charge in [-0.1, -0.05) is 19.1 Å². The zero-order chi connectivity index (χ0) is 7.40. The summed E-state index contributed by atoms with van der Waals surface area (Å²) in [6, 6.07) is 0. The van der Waals surface area contributed by atoms with Gasteiger partial charge in [-0.25, -0.2) is 4.31 Å². The van der Waals surface area contributed by atoms with E-state index in [9.17, 15) is 0 Å². The van der Waals surface area contributed by atoms with Crippen molar-refractivity contribution in [2.24, 2.45) is 0 Å². The fourth-order valence-corrected chi connectivity index (χ4v) is 3.03. The van der Waals surface area contributed by atoms with Gasteiger partial charge in [-0.2, -0.15) is 0 Å². The van der Waals surface area contributed by atoms with Gasteiger partial charge in [0.15, 0.2) is 0 Å². The summed E-state index contributed by atoms with van der Waals surface area (Å²) in [5.74, 6) is 1.21. The summed E-state index contributed by atoms with van der Waals surface area (Å²) in [6.45, 7) is 3.40. The SMILES string of the molecule is CCSC1CCN1SC=S. The van der Waals surface area contributed by atoms with Crippen molar-refractivity contribution in [1.82, 2.24) is 4.31 Å². The third-order valence-electron chi connectivity index (χ3n) is 1.46. The van der Waals surface area contributed by atoms with Gasteiger partial charge in [-0.05, 0) is 24.1 Å². The number of rotatable bonds is 4. The van der Waals surface area contributed by atoms with Crippen LogP contribution in [0.2, 0.25) is 0 Å². The Morgan fingerprint density at radius 3 is 3.00 bits per heavy atom. The van der Waals surface area contributed by atoms with Gasteiger partial charge < -0.3 is 0 Å². The molecular formula is C6H11NS3. The molecule has 0 aromatic carbocycles. The molecule has 10 heavy (non-hydrogen) atoms. The predicted molar refractivity (Wildman–Crippen MR) is 54.5 cm³/mol. The Morgan fingerprint density at radius 2 is 2.60 bits per heavy atom. The highest BCUT2D eigenvalue weighted by Crippen LogP contribution is 2.32.